The van der Waals surface area contributed by atoms with Crippen LogP contribution in [0.1, 0.15) is 58.6 Å². The monoisotopic (exact) mass is 335 g/mol. The average Bonchev–Trinajstić information content (AvgIpc) is 2.72. The van der Waals surface area contributed by atoms with E-state index >= 15 is 0 Å². The maximum Gasteiger partial charge on any atom is 0.0294 e. The second-order valence-electron chi connectivity index (χ2n) is 7.60. The molecule has 20 heavy (non-hydrogen) atoms. The molecule has 2 bridgehead atoms. The lowest BCUT2D eigenvalue weighted by atomic mass is 9.69. The van der Waals surface area contributed by atoms with Crippen LogP contribution in [0.4, 0.5) is 0 Å². The van der Waals surface area contributed by atoms with Crippen molar-refractivity contribution in [2.45, 2.75) is 59.0 Å². The van der Waals surface area contributed by atoms with Gasteiger partial charge in [0.1, 0.15) is 0 Å². The van der Waals surface area contributed by atoms with Crippen molar-refractivity contribution in [2.24, 2.45) is 16.7 Å². The van der Waals surface area contributed by atoms with Crippen molar-refractivity contribution < 1.29 is 0 Å². The molecule has 110 valence electrons. The smallest absolute Gasteiger partial charge is 0.0294 e. The van der Waals surface area contributed by atoms with Crippen molar-refractivity contribution >= 4 is 15.9 Å². The summed E-state index contributed by atoms with van der Waals surface area (Å²) in [6, 6.07) is 9.82. The first-order chi connectivity index (χ1) is 9.34. The van der Waals surface area contributed by atoms with E-state index in [4.69, 9.17) is 0 Å². The fourth-order valence-corrected chi connectivity index (χ4v) is 4.87. The van der Waals surface area contributed by atoms with Gasteiger partial charge in [-0.05, 0) is 60.6 Å². The van der Waals surface area contributed by atoms with Crippen LogP contribution in [0.5, 0.6) is 0 Å². The van der Waals surface area contributed by atoms with E-state index in [0.29, 0.717) is 22.9 Å². The van der Waals surface area contributed by atoms with E-state index in [-0.39, 0.29) is 0 Å². The Balaban J connectivity index is 1.75. The van der Waals surface area contributed by atoms with Crippen molar-refractivity contribution in [1.29, 1.82) is 0 Å². The van der Waals surface area contributed by atoms with Gasteiger partial charge in [0.05, 0.1) is 0 Å². The maximum atomic E-state index is 3.93. The van der Waals surface area contributed by atoms with Crippen LogP contribution in [0.15, 0.2) is 28.7 Å². The minimum absolute atomic E-state index is 0.431. The zero-order chi connectivity index (χ0) is 14.5. The highest BCUT2D eigenvalue weighted by atomic mass is 79.9. The van der Waals surface area contributed by atoms with Gasteiger partial charge in [-0.3, -0.25) is 0 Å². The van der Waals surface area contributed by atoms with Gasteiger partial charge in [-0.15, -0.1) is 0 Å². The Morgan fingerprint density at radius 1 is 1.20 bits per heavy atom. The topological polar surface area (TPSA) is 12.0 Å². The van der Waals surface area contributed by atoms with Gasteiger partial charge in [0, 0.05) is 16.6 Å². The molecule has 0 saturated heterocycles. The van der Waals surface area contributed by atoms with Gasteiger partial charge in [-0.1, -0.05) is 48.8 Å². The van der Waals surface area contributed by atoms with Gasteiger partial charge >= 0.3 is 0 Å². The van der Waals surface area contributed by atoms with E-state index in [1.54, 1.807) is 0 Å². The summed E-state index contributed by atoms with van der Waals surface area (Å²) in [4.78, 5) is 0. The lowest BCUT2D eigenvalue weighted by Gasteiger charge is -2.40. The highest BCUT2D eigenvalue weighted by Crippen LogP contribution is 2.65. The van der Waals surface area contributed by atoms with Crippen LogP contribution in [0, 0.1) is 16.7 Å². The van der Waals surface area contributed by atoms with Crippen LogP contribution in [0.2, 0.25) is 0 Å². The number of halogens is 1. The quantitative estimate of drug-likeness (QED) is 0.788. The lowest BCUT2D eigenvalue weighted by Crippen LogP contribution is -2.45. The van der Waals surface area contributed by atoms with Gasteiger partial charge < -0.3 is 5.32 Å². The molecule has 0 spiro atoms. The summed E-state index contributed by atoms with van der Waals surface area (Å²) < 4.78 is 1.15. The van der Waals surface area contributed by atoms with E-state index < -0.39 is 0 Å². The van der Waals surface area contributed by atoms with E-state index in [9.17, 15) is 0 Å². The summed E-state index contributed by atoms with van der Waals surface area (Å²) in [7, 11) is 0. The van der Waals surface area contributed by atoms with Crippen molar-refractivity contribution in [1.82, 2.24) is 5.32 Å². The molecular formula is C18H26BrN. The molecule has 0 amide bonds. The number of fused-ring (bicyclic) bond motifs is 2. The molecule has 2 aliphatic rings. The molecule has 0 radical (unpaired) electrons. The van der Waals surface area contributed by atoms with Gasteiger partial charge in [-0.25, -0.2) is 0 Å². The third-order valence-electron chi connectivity index (χ3n) is 6.62. The summed E-state index contributed by atoms with van der Waals surface area (Å²) in [5.41, 5.74) is 2.34. The summed E-state index contributed by atoms with van der Waals surface area (Å²) >= 11 is 3.51. The summed E-state index contributed by atoms with van der Waals surface area (Å²) in [5.74, 6) is 0.905. The Labute approximate surface area is 131 Å². The summed E-state index contributed by atoms with van der Waals surface area (Å²) in [6.07, 6.45) is 4.16. The Hall–Kier alpha value is -0.340. The molecule has 1 N–H and O–H groups in total. The van der Waals surface area contributed by atoms with Crippen LogP contribution < -0.4 is 5.32 Å². The predicted octanol–water partition coefficient (Wildman–Crippen LogP) is 5.31. The first-order valence-corrected chi connectivity index (χ1v) is 8.65. The number of hydrogen-bond donors (Lipinski definition) is 1. The molecule has 2 heteroatoms. The first kappa shape index (κ1) is 14.6. The molecule has 0 heterocycles. The minimum Gasteiger partial charge on any atom is -0.307 e. The van der Waals surface area contributed by atoms with Crippen molar-refractivity contribution in [3.8, 4) is 0 Å². The third-order valence-corrected chi connectivity index (χ3v) is 7.14. The largest absolute Gasteiger partial charge is 0.307 e. The average molecular weight is 336 g/mol. The predicted molar refractivity (Wildman–Crippen MR) is 88.7 cm³/mol. The minimum atomic E-state index is 0.431. The molecule has 4 unspecified atom stereocenters. The molecule has 2 fully saturated rings. The number of rotatable bonds is 3. The van der Waals surface area contributed by atoms with Crippen molar-refractivity contribution in [3.63, 3.8) is 0 Å². The molecule has 3 rings (SSSR count). The van der Waals surface area contributed by atoms with Crippen LogP contribution in [-0.2, 0) is 0 Å². The Morgan fingerprint density at radius 2 is 1.85 bits per heavy atom. The van der Waals surface area contributed by atoms with Crippen LogP contribution in [-0.4, -0.2) is 6.04 Å². The zero-order valence-corrected chi connectivity index (χ0v) is 14.6. The van der Waals surface area contributed by atoms with Gasteiger partial charge in [0.15, 0.2) is 0 Å². The molecule has 1 aromatic carbocycles. The van der Waals surface area contributed by atoms with E-state index in [1.807, 2.05) is 0 Å². The molecule has 0 aliphatic heterocycles. The fourth-order valence-electron chi connectivity index (χ4n) is 4.61. The van der Waals surface area contributed by atoms with E-state index in [1.165, 1.54) is 24.8 Å². The molecule has 1 aromatic rings. The first-order valence-electron chi connectivity index (χ1n) is 7.86. The molecule has 4 atom stereocenters. The Morgan fingerprint density at radius 3 is 2.35 bits per heavy atom. The molecule has 2 aliphatic carbocycles. The van der Waals surface area contributed by atoms with Gasteiger partial charge in [-0.2, -0.15) is 0 Å². The summed E-state index contributed by atoms with van der Waals surface area (Å²) in [5, 5.41) is 3.93. The lowest BCUT2D eigenvalue weighted by molar-refractivity contribution is 0.116. The van der Waals surface area contributed by atoms with Crippen LogP contribution in [0.3, 0.4) is 0 Å². The van der Waals surface area contributed by atoms with Gasteiger partial charge in [0.2, 0.25) is 0 Å². The second-order valence-corrected chi connectivity index (χ2v) is 8.52. The normalized spacial score (nSPS) is 36.2. The molecule has 2 saturated carbocycles. The zero-order valence-electron chi connectivity index (χ0n) is 13.0. The molecule has 0 aromatic heterocycles. The SMILES string of the molecule is CC(NC1CC2CCC1(C)C2(C)C)c1ccc(Br)cc1. The fraction of sp³-hybridized carbons (Fsp3) is 0.667. The van der Waals surface area contributed by atoms with Crippen molar-refractivity contribution in [2.75, 3.05) is 0 Å². The molecule has 1 nitrogen and oxygen atoms in total. The number of nitrogens with one attached hydrogen (secondary N) is 1. The second kappa shape index (κ2) is 4.84. The molecular weight excluding hydrogens is 310 g/mol. The standard InChI is InChI=1S/C18H26BrN/c1-12(13-5-7-15(19)8-6-13)20-16-11-14-9-10-18(16,4)17(14,2)3/h5-8,12,14,16,20H,9-11H2,1-4H3. The van der Waals surface area contributed by atoms with E-state index in [2.05, 4.69) is 73.2 Å². The van der Waals surface area contributed by atoms with Crippen LogP contribution >= 0.6 is 15.9 Å². The van der Waals surface area contributed by atoms with Crippen LogP contribution in [0.25, 0.3) is 0 Å². The third kappa shape index (κ3) is 2.07. The Kier molecular flexibility index (Phi) is 3.53. The van der Waals surface area contributed by atoms with Gasteiger partial charge in [0.25, 0.3) is 0 Å². The maximum absolute atomic E-state index is 3.93. The number of benzene rings is 1. The highest BCUT2D eigenvalue weighted by Gasteiger charge is 2.61. The van der Waals surface area contributed by atoms with Crippen molar-refractivity contribution in [3.05, 3.63) is 34.3 Å². The Bertz CT molecular complexity index is 493. The van der Waals surface area contributed by atoms with E-state index in [0.717, 1.165) is 10.4 Å². The number of hydrogen-bond acceptors (Lipinski definition) is 1. The summed E-state index contributed by atoms with van der Waals surface area (Å²) in [6.45, 7) is 9.77. The highest BCUT2D eigenvalue weighted by molar-refractivity contribution is 9.10.